The van der Waals surface area contributed by atoms with Crippen LogP contribution in [0.1, 0.15) is 37.9 Å². The fourth-order valence-electron chi connectivity index (χ4n) is 2.12. The smallest absolute Gasteiger partial charge is 2.00 e. The van der Waals surface area contributed by atoms with E-state index in [-0.39, 0.29) is 21.1 Å². The van der Waals surface area contributed by atoms with E-state index in [2.05, 4.69) is 38.3 Å². The van der Waals surface area contributed by atoms with Gasteiger partial charge in [0.1, 0.15) is 0 Å². The van der Waals surface area contributed by atoms with Crippen molar-refractivity contribution in [2.24, 2.45) is 0 Å². The van der Waals surface area contributed by atoms with Crippen molar-refractivity contribution in [2.75, 3.05) is 0 Å². The van der Waals surface area contributed by atoms with E-state index >= 15 is 0 Å². The first kappa shape index (κ1) is 27.3. The van der Waals surface area contributed by atoms with Gasteiger partial charge >= 0.3 is 55.0 Å². The number of aryl methyl sites for hydroxylation is 1. The monoisotopic (exact) mass is 495 g/mol. The molecule has 1 saturated carbocycles. The molecule has 1 heterocycles. The third kappa shape index (κ3) is 11.9. The molecule has 24 heavy (non-hydrogen) atoms. The molecule has 2 aromatic rings. The van der Waals surface area contributed by atoms with Crippen LogP contribution in [0.2, 0.25) is 0 Å². The van der Waals surface area contributed by atoms with Gasteiger partial charge in [0.05, 0.1) is 0 Å². The van der Waals surface area contributed by atoms with Crippen LogP contribution in [0.25, 0.3) is 11.1 Å². The molecule has 0 N–H and O–H groups in total. The first-order valence-corrected chi connectivity index (χ1v) is 7.01. The van der Waals surface area contributed by atoms with Crippen LogP contribution in [-0.4, -0.2) is 0 Å². The zero-order valence-electron chi connectivity index (χ0n) is 13.5. The molecule has 1 aliphatic rings. The zero-order valence-corrected chi connectivity index (χ0v) is 16.5. The van der Waals surface area contributed by atoms with Crippen molar-refractivity contribution in [1.29, 1.82) is 0 Å². The first-order valence-electron chi connectivity index (χ1n) is 7.01. The maximum Gasteiger partial charge on any atom is 2.00 e. The van der Waals surface area contributed by atoms with Gasteiger partial charge in [0, 0.05) is 0 Å². The summed E-state index contributed by atoms with van der Waals surface area (Å²) in [5.74, 6) is 0.918. The summed E-state index contributed by atoms with van der Waals surface area (Å²) >= 11 is 0. The van der Waals surface area contributed by atoms with Gasteiger partial charge in [-0.15, -0.1) is 11.6 Å². The first-order chi connectivity index (χ1) is 11.4. The molecule has 1 aromatic heterocycles. The van der Waals surface area contributed by atoms with Crippen LogP contribution in [-0.2, 0) is 35.0 Å². The van der Waals surface area contributed by atoms with Crippen molar-refractivity contribution in [1.82, 2.24) is 0 Å². The van der Waals surface area contributed by atoms with Crippen LogP contribution in [0, 0.1) is 33.1 Å². The zero-order chi connectivity index (χ0) is 17.9. The van der Waals surface area contributed by atoms with Crippen molar-refractivity contribution in [2.45, 2.75) is 39.0 Å². The average molecular weight is 495 g/mol. The second kappa shape index (κ2) is 21.4. The third-order valence-electron chi connectivity index (χ3n) is 3.13. The van der Waals surface area contributed by atoms with E-state index in [1.54, 1.807) is 0 Å². The molecule has 1 aliphatic carbocycles. The molecule has 0 amide bonds. The van der Waals surface area contributed by atoms with Crippen molar-refractivity contribution in [3.63, 3.8) is 0 Å². The van der Waals surface area contributed by atoms with Gasteiger partial charge in [0.2, 0.25) is 0 Å². The summed E-state index contributed by atoms with van der Waals surface area (Å²) in [6, 6.07) is 12.0. The normalized spacial score (nSPS) is 10.3. The molecule has 0 spiro atoms. The molecule has 0 unspecified atom stereocenters. The van der Waals surface area contributed by atoms with Gasteiger partial charge in [-0.3, -0.25) is 0 Å². The van der Waals surface area contributed by atoms with Crippen LogP contribution in [0.3, 0.4) is 0 Å². The van der Waals surface area contributed by atoms with E-state index in [1.807, 2.05) is 31.2 Å². The van der Waals surface area contributed by atoms with Gasteiger partial charge in [-0.1, -0.05) is 80.7 Å². The Morgan fingerprint density at radius 2 is 1.25 bits per heavy atom. The van der Waals surface area contributed by atoms with E-state index in [9.17, 15) is 0 Å². The van der Waals surface area contributed by atoms with Gasteiger partial charge in [0.15, 0.2) is 0 Å². The number of furan rings is 1. The van der Waals surface area contributed by atoms with Crippen LogP contribution >= 0.6 is 0 Å². The van der Waals surface area contributed by atoms with Crippen LogP contribution in [0.15, 0.2) is 40.8 Å². The predicted molar refractivity (Wildman–Crippen MR) is 82.6 cm³/mol. The summed E-state index contributed by atoms with van der Waals surface area (Å²) < 4.78 is 27.6. The molecule has 4 nitrogen and oxygen atoms in total. The average Bonchev–Trinajstić information content (AvgIpc) is 3.36. The summed E-state index contributed by atoms with van der Waals surface area (Å²) in [7, 11) is 0. The quantitative estimate of drug-likeness (QED) is 0.410. The Labute approximate surface area is 158 Å². The van der Waals surface area contributed by atoms with E-state index in [4.69, 9.17) is 18.4 Å². The number of benzene rings is 1. The van der Waals surface area contributed by atoms with Crippen molar-refractivity contribution >= 4 is 0 Å². The largest absolute Gasteiger partial charge is 2.00 e. The molecule has 0 bridgehead atoms. The summed E-state index contributed by atoms with van der Waals surface area (Å²) in [4.78, 5) is 0. The Bertz CT molecular complexity index is 530. The molecule has 3 rings (SSSR count). The Hall–Kier alpha value is -1.59. The molecule has 124 valence electrons. The summed E-state index contributed by atoms with van der Waals surface area (Å²) in [5.41, 5.74) is 2.30. The van der Waals surface area contributed by atoms with Crippen LogP contribution < -0.4 is 0 Å². The Kier molecular flexibility index (Phi) is 24.3. The summed E-state index contributed by atoms with van der Waals surface area (Å²) in [6.45, 7) is 15.4. The van der Waals surface area contributed by atoms with Crippen molar-refractivity contribution in [3.8, 4) is 11.1 Å². The molecule has 0 radical (unpaired) electrons. The Balaban J connectivity index is -0.000000311. The minimum absolute atomic E-state index is 0. The van der Waals surface area contributed by atoms with Crippen LogP contribution in [0.5, 0.6) is 0 Å². The molecule has 0 saturated heterocycles. The molecule has 1 fully saturated rings. The number of hydrogen-bond donors (Lipinski definition) is 0. The summed E-state index contributed by atoms with van der Waals surface area (Å²) in [6.07, 6.45) is 10.2. The molecule has 5 heteroatoms. The standard InChI is InChI=1S/C11H9O.C5H10.3CO.W/c1-9-11(7-8-12-9)10-5-3-2-4-6-10;1-2-4-5-3-1;3*1-2;/h2-7H,1H3;1-5H2;;;;/q-1;;;;;+2. The molecule has 0 aliphatic heterocycles. The van der Waals surface area contributed by atoms with E-state index in [1.165, 1.54) is 37.7 Å². The molecule has 0 atom stereocenters. The minimum Gasteiger partial charge on any atom is 2.00 e. The van der Waals surface area contributed by atoms with Crippen molar-refractivity contribution in [3.05, 3.63) is 68.4 Å². The predicted octanol–water partition coefficient (Wildman–Crippen LogP) is 4.89. The second-order valence-corrected chi connectivity index (χ2v) is 4.47. The number of rotatable bonds is 1. The van der Waals surface area contributed by atoms with Gasteiger partial charge in [0.25, 0.3) is 0 Å². The summed E-state index contributed by atoms with van der Waals surface area (Å²) in [5, 5.41) is 0. The van der Waals surface area contributed by atoms with Crippen LogP contribution in [0.4, 0.5) is 0 Å². The fourth-order valence-corrected chi connectivity index (χ4v) is 2.12. The Morgan fingerprint density at radius 1 is 0.833 bits per heavy atom. The topological polar surface area (TPSA) is 72.8 Å². The SMILES string of the molecule is C1CCCC1.Cc1o[c-]cc1-c1ccccc1.[C-]#[O+].[C-]#[O+].[C-]#[O+].[W+2]. The third-order valence-corrected chi connectivity index (χ3v) is 3.13. The minimum atomic E-state index is 0. The van der Waals surface area contributed by atoms with Gasteiger partial charge in [-0.25, -0.2) is 0 Å². The molecule has 1 aromatic carbocycles. The Morgan fingerprint density at radius 3 is 1.58 bits per heavy atom. The van der Waals surface area contributed by atoms with E-state index in [0.29, 0.717) is 0 Å². The maximum absolute atomic E-state index is 7.50. The fraction of sp³-hybridized carbons (Fsp3) is 0.316. The van der Waals surface area contributed by atoms with Gasteiger partial charge in [-0.2, -0.15) is 0 Å². The number of hydrogen-bond acceptors (Lipinski definition) is 1. The molecular weight excluding hydrogens is 476 g/mol. The maximum atomic E-state index is 7.50. The van der Waals surface area contributed by atoms with E-state index < -0.39 is 0 Å². The van der Waals surface area contributed by atoms with Gasteiger partial charge < -0.3 is 4.42 Å². The van der Waals surface area contributed by atoms with E-state index in [0.717, 1.165) is 11.3 Å². The van der Waals surface area contributed by atoms with Crippen molar-refractivity contribution < 1.29 is 39.4 Å². The van der Waals surface area contributed by atoms with Gasteiger partial charge in [-0.05, 0) is 6.26 Å². The second-order valence-electron chi connectivity index (χ2n) is 4.47. The molecular formula is C19H19O4W+.